The molecule has 0 aliphatic rings. The minimum absolute atomic E-state index is 0.155. The van der Waals surface area contributed by atoms with Crippen LogP contribution in [0.5, 0.6) is 0 Å². The second kappa shape index (κ2) is 10.1. The summed E-state index contributed by atoms with van der Waals surface area (Å²) in [6.45, 7) is 0. The largest absolute Gasteiger partial charge is 0.325 e. The highest BCUT2D eigenvalue weighted by molar-refractivity contribution is 7.99. The maximum Gasteiger partial charge on any atom is 0.234 e. The van der Waals surface area contributed by atoms with E-state index in [1.54, 1.807) is 18.2 Å². The van der Waals surface area contributed by atoms with Crippen LogP contribution in [0.15, 0.2) is 84.0 Å². The van der Waals surface area contributed by atoms with Gasteiger partial charge in [0.1, 0.15) is 0 Å². The van der Waals surface area contributed by atoms with E-state index in [-0.39, 0.29) is 11.7 Å². The molecule has 1 N–H and O–H groups in total. The number of hydrogen-bond acceptors (Lipinski definition) is 5. The Hall–Kier alpha value is -3.39. The first-order valence-electron chi connectivity index (χ1n) is 10.7. The lowest BCUT2D eigenvalue weighted by Crippen LogP contribution is -2.14. The van der Waals surface area contributed by atoms with Gasteiger partial charge in [-0.25, -0.2) is 4.98 Å². The molecule has 5 rings (SSSR count). The highest BCUT2D eigenvalue weighted by atomic mass is 35.5. The summed E-state index contributed by atoms with van der Waals surface area (Å²) in [5.41, 5.74) is 4.23. The van der Waals surface area contributed by atoms with Crippen LogP contribution in [0.2, 0.25) is 10.0 Å². The van der Waals surface area contributed by atoms with Crippen LogP contribution in [0.1, 0.15) is 0 Å². The summed E-state index contributed by atoms with van der Waals surface area (Å²) in [6.07, 6.45) is 0. The van der Waals surface area contributed by atoms with Crippen molar-refractivity contribution in [1.82, 2.24) is 19.7 Å². The number of halogens is 2. The standard InChI is InChI=1S/C26H19Cl2N5OS/c1-33-25(31-32-26(33)35-15-24(34)29-19-12-17(27)11-18(28)13-19)21-14-23(16-7-3-2-4-8-16)30-22-10-6-5-9-20(21)22/h2-14H,15H2,1H3,(H,29,34). The molecule has 0 aliphatic heterocycles. The van der Waals surface area contributed by atoms with Crippen LogP contribution in [0, 0.1) is 0 Å². The number of rotatable bonds is 6. The molecule has 0 unspecified atom stereocenters. The number of thioether (sulfide) groups is 1. The number of hydrogen-bond donors (Lipinski definition) is 1. The summed E-state index contributed by atoms with van der Waals surface area (Å²) in [6, 6.07) is 24.9. The van der Waals surface area contributed by atoms with Gasteiger partial charge in [-0.2, -0.15) is 0 Å². The first kappa shape index (κ1) is 23.4. The van der Waals surface area contributed by atoms with E-state index in [1.165, 1.54) is 11.8 Å². The number of carbonyl (C=O) groups is 1. The number of amides is 1. The van der Waals surface area contributed by atoms with E-state index in [2.05, 4.69) is 15.5 Å². The average molecular weight is 520 g/mol. The van der Waals surface area contributed by atoms with Crippen molar-refractivity contribution in [2.75, 3.05) is 11.1 Å². The van der Waals surface area contributed by atoms with Gasteiger partial charge in [0, 0.05) is 39.3 Å². The molecule has 0 spiro atoms. The molecule has 2 heterocycles. The fourth-order valence-corrected chi connectivity index (χ4v) is 4.98. The number of anilines is 1. The Morgan fingerprint density at radius 2 is 1.66 bits per heavy atom. The number of pyridine rings is 1. The van der Waals surface area contributed by atoms with E-state index >= 15 is 0 Å². The predicted octanol–water partition coefficient (Wildman–Crippen LogP) is 6.73. The van der Waals surface area contributed by atoms with Crippen molar-refractivity contribution in [3.63, 3.8) is 0 Å². The number of aromatic nitrogens is 4. The fraction of sp³-hybridized carbons (Fsp3) is 0.0769. The van der Waals surface area contributed by atoms with Gasteiger partial charge in [0.25, 0.3) is 0 Å². The Bertz CT molecular complexity index is 1520. The number of fused-ring (bicyclic) bond motifs is 1. The smallest absolute Gasteiger partial charge is 0.234 e. The Kier molecular flexibility index (Phi) is 6.72. The second-order valence-electron chi connectivity index (χ2n) is 7.80. The minimum Gasteiger partial charge on any atom is -0.325 e. The van der Waals surface area contributed by atoms with Gasteiger partial charge in [-0.15, -0.1) is 10.2 Å². The fourth-order valence-electron chi connectivity index (χ4n) is 3.75. The summed E-state index contributed by atoms with van der Waals surface area (Å²) in [4.78, 5) is 17.3. The van der Waals surface area contributed by atoms with Crippen molar-refractivity contribution >= 4 is 57.5 Å². The van der Waals surface area contributed by atoms with Crippen LogP contribution < -0.4 is 5.32 Å². The molecular formula is C26H19Cl2N5OS. The van der Waals surface area contributed by atoms with Gasteiger partial charge in [0.05, 0.1) is 17.0 Å². The zero-order valence-electron chi connectivity index (χ0n) is 18.6. The summed E-state index contributed by atoms with van der Waals surface area (Å²) in [5.74, 6) is 0.659. The molecule has 0 aliphatic carbocycles. The zero-order valence-corrected chi connectivity index (χ0v) is 20.9. The molecule has 2 aromatic heterocycles. The molecule has 0 radical (unpaired) electrons. The highest BCUT2D eigenvalue weighted by Crippen LogP contribution is 2.32. The van der Waals surface area contributed by atoms with Crippen LogP contribution in [-0.2, 0) is 11.8 Å². The molecule has 0 atom stereocenters. The van der Waals surface area contributed by atoms with Crippen molar-refractivity contribution in [3.05, 3.63) is 88.9 Å². The number of nitrogens with zero attached hydrogens (tertiary/aromatic N) is 4. The number of carbonyl (C=O) groups excluding carboxylic acids is 1. The summed E-state index contributed by atoms with van der Waals surface area (Å²) in [5, 5.41) is 14.1. The lowest BCUT2D eigenvalue weighted by Gasteiger charge is -2.10. The Morgan fingerprint density at radius 1 is 0.943 bits per heavy atom. The number of benzene rings is 3. The Labute approximate surface area is 216 Å². The van der Waals surface area contributed by atoms with E-state index < -0.39 is 0 Å². The molecule has 1 amide bonds. The van der Waals surface area contributed by atoms with E-state index in [0.29, 0.717) is 26.7 Å². The summed E-state index contributed by atoms with van der Waals surface area (Å²) < 4.78 is 1.89. The summed E-state index contributed by atoms with van der Waals surface area (Å²) in [7, 11) is 1.89. The van der Waals surface area contributed by atoms with E-state index in [9.17, 15) is 4.79 Å². The van der Waals surface area contributed by atoms with Gasteiger partial charge in [-0.1, -0.05) is 83.5 Å². The van der Waals surface area contributed by atoms with Gasteiger partial charge in [0.2, 0.25) is 5.91 Å². The SMILES string of the molecule is Cn1c(SCC(=O)Nc2cc(Cl)cc(Cl)c2)nnc1-c1cc(-c2ccccc2)nc2ccccc12. The minimum atomic E-state index is -0.196. The normalized spacial score (nSPS) is 11.1. The third-order valence-electron chi connectivity index (χ3n) is 5.34. The monoisotopic (exact) mass is 519 g/mol. The van der Waals surface area contributed by atoms with E-state index in [0.717, 1.165) is 27.7 Å². The van der Waals surface area contributed by atoms with E-state index in [1.807, 2.05) is 72.3 Å². The molecular weight excluding hydrogens is 501 g/mol. The maximum atomic E-state index is 12.5. The molecule has 0 fully saturated rings. The quantitative estimate of drug-likeness (QED) is 0.251. The third kappa shape index (κ3) is 5.17. The zero-order chi connectivity index (χ0) is 24.4. The number of para-hydroxylation sites is 1. The van der Waals surface area contributed by atoms with Crippen LogP contribution in [0.4, 0.5) is 5.69 Å². The van der Waals surface area contributed by atoms with Crippen molar-refractivity contribution in [3.8, 4) is 22.6 Å². The molecule has 0 bridgehead atoms. The Balaban J connectivity index is 1.41. The first-order valence-corrected chi connectivity index (χ1v) is 12.5. The highest BCUT2D eigenvalue weighted by Gasteiger charge is 2.17. The van der Waals surface area contributed by atoms with Gasteiger partial charge in [-0.05, 0) is 30.3 Å². The average Bonchev–Trinajstić information content (AvgIpc) is 3.22. The van der Waals surface area contributed by atoms with Crippen LogP contribution in [0.25, 0.3) is 33.5 Å². The van der Waals surface area contributed by atoms with Gasteiger partial charge < -0.3 is 9.88 Å². The lowest BCUT2D eigenvalue weighted by atomic mass is 10.0. The number of nitrogens with one attached hydrogen (secondary N) is 1. The topological polar surface area (TPSA) is 72.7 Å². The molecule has 174 valence electrons. The predicted molar refractivity (Wildman–Crippen MR) is 143 cm³/mol. The third-order valence-corrected chi connectivity index (χ3v) is 6.80. The Morgan fingerprint density at radius 3 is 2.43 bits per heavy atom. The molecule has 9 heteroatoms. The van der Waals surface area contributed by atoms with E-state index in [4.69, 9.17) is 28.2 Å². The van der Waals surface area contributed by atoms with Gasteiger partial charge in [-0.3, -0.25) is 4.79 Å². The maximum absolute atomic E-state index is 12.5. The molecule has 0 saturated carbocycles. The van der Waals surface area contributed by atoms with Crippen LogP contribution in [-0.4, -0.2) is 31.4 Å². The molecule has 6 nitrogen and oxygen atoms in total. The molecule has 3 aromatic carbocycles. The van der Waals surface area contributed by atoms with Crippen molar-refractivity contribution < 1.29 is 4.79 Å². The molecule has 0 saturated heterocycles. The van der Waals surface area contributed by atoms with Crippen molar-refractivity contribution in [1.29, 1.82) is 0 Å². The lowest BCUT2D eigenvalue weighted by molar-refractivity contribution is -0.113. The van der Waals surface area contributed by atoms with Crippen LogP contribution in [0.3, 0.4) is 0 Å². The van der Waals surface area contributed by atoms with Gasteiger partial charge >= 0.3 is 0 Å². The van der Waals surface area contributed by atoms with Crippen molar-refractivity contribution in [2.45, 2.75) is 5.16 Å². The molecule has 35 heavy (non-hydrogen) atoms. The van der Waals surface area contributed by atoms with Crippen LogP contribution >= 0.6 is 35.0 Å². The van der Waals surface area contributed by atoms with Crippen molar-refractivity contribution in [2.24, 2.45) is 7.05 Å². The first-order chi connectivity index (χ1) is 17.0. The van der Waals surface area contributed by atoms with Gasteiger partial charge in [0.15, 0.2) is 11.0 Å². The second-order valence-corrected chi connectivity index (χ2v) is 9.61. The molecule has 5 aromatic rings. The summed E-state index contributed by atoms with van der Waals surface area (Å²) >= 11 is 13.3.